The molecule has 0 atom stereocenters. The van der Waals surface area contributed by atoms with Gasteiger partial charge in [0.15, 0.2) is 0 Å². The quantitative estimate of drug-likeness (QED) is 0.794. The molecule has 1 aliphatic carbocycles. The molecular weight excluding hydrogens is 362 g/mol. The van der Waals surface area contributed by atoms with E-state index in [4.69, 9.17) is 4.74 Å². The van der Waals surface area contributed by atoms with E-state index >= 15 is 0 Å². The average molecular weight is 385 g/mol. The molecule has 0 bridgehead atoms. The first-order valence-electron chi connectivity index (χ1n) is 9.42. The van der Waals surface area contributed by atoms with Crippen molar-refractivity contribution in [3.8, 4) is 16.3 Å². The van der Waals surface area contributed by atoms with E-state index in [9.17, 15) is 9.59 Å². The van der Waals surface area contributed by atoms with Crippen LogP contribution in [0.25, 0.3) is 10.6 Å². The second-order valence-corrected chi connectivity index (χ2v) is 7.75. The van der Waals surface area contributed by atoms with Gasteiger partial charge in [0.1, 0.15) is 16.5 Å². The smallest absolute Gasteiger partial charge is 0.273 e. The van der Waals surface area contributed by atoms with Gasteiger partial charge in [-0.15, -0.1) is 11.3 Å². The summed E-state index contributed by atoms with van der Waals surface area (Å²) in [6.07, 6.45) is 2.04. The summed E-state index contributed by atoms with van der Waals surface area (Å²) in [5.41, 5.74) is 1.45. The molecule has 4 rings (SSSR count). The van der Waals surface area contributed by atoms with Gasteiger partial charge in [0, 0.05) is 43.0 Å². The second-order valence-electron chi connectivity index (χ2n) is 6.89. The number of hydrogen-bond acceptors (Lipinski definition) is 5. The Kier molecular flexibility index (Phi) is 5.11. The molecule has 1 aromatic carbocycles. The molecule has 27 heavy (non-hydrogen) atoms. The lowest BCUT2D eigenvalue weighted by atomic mass is 10.2. The number of hydrogen-bond donors (Lipinski definition) is 0. The maximum absolute atomic E-state index is 12.8. The summed E-state index contributed by atoms with van der Waals surface area (Å²) in [5, 5.41) is 2.64. The highest BCUT2D eigenvalue weighted by atomic mass is 32.1. The van der Waals surface area contributed by atoms with Crippen LogP contribution in [0.1, 0.15) is 30.3 Å². The highest BCUT2D eigenvalue weighted by Gasteiger charge is 2.35. The predicted molar refractivity (Wildman–Crippen MR) is 104 cm³/mol. The molecule has 1 aliphatic heterocycles. The number of amides is 2. The highest BCUT2D eigenvalue weighted by Crippen LogP contribution is 2.31. The Morgan fingerprint density at radius 3 is 2.41 bits per heavy atom. The Morgan fingerprint density at radius 1 is 1.11 bits per heavy atom. The molecule has 1 aromatic heterocycles. The van der Waals surface area contributed by atoms with Crippen LogP contribution in [0.5, 0.6) is 5.75 Å². The van der Waals surface area contributed by atoms with Crippen LogP contribution in [0.2, 0.25) is 0 Å². The van der Waals surface area contributed by atoms with Crippen molar-refractivity contribution in [3.63, 3.8) is 0 Å². The molecule has 2 aliphatic rings. The highest BCUT2D eigenvalue weighted by molar-refractivity contribution is 7.13. The van der Waals surface area contributed by atoms with Crippen molar-refractivity contribution in [1.29, 1.82) is 0 Å². The van der Waals surface area contributed by atoms with E-state index in [2.05, 4.69) is 4.98 Å². The third-order valence-electron chi connectivity index (χ3n) is 4.94. The molecule has 1 saturated heterocycles. The third kappa shape index (κ3) is 3.98. The monoisotopic (exact) mass is 385 g/mol. The van der Waals surface area contributed by atoms with Crippen LogP contribution < -0.4 is 4.74 Å². The molecule has 2 heterocycles. The topological polar surface area (TPSA) is 62.7 Å². The van der Waals surface area contributed by atoms with E-state index < -0.39 is 0 Å². The number of benzene rings is 1. The van der Waals surface area contributed by atoms with Gasteiger partial charge < -0.3 is 14.5 Å². The van der Waals surface area contributed by atoms with Crippen LogP contribution >= 0.6 is 11.3 Å². The van der Waals surface area contributed by atoms with Crippen molar-refractivity contribution in [2.45, 2.75) is 19.8 Å². The standard InChI is InChI=1S/C20H23N3O3S/c1-2-26-16-7-5-14(6-8-16)18-21-17(13-27-18)20(25)23-11-9-22(10-12-23)19(24)15-3-4-15/h5-8,13,15H,2-4,9-12H2,1H3. The zero-order chi connectivity index (χ0) is 18.8. The lowest BCUT2D eigenvalue weighted by Crippen LogP contribution is -2.51. The fraction of sp³-hybridized carbons (Fsp3) is 0.450. The number of aromatic nitrogens is 1. The molecule has 0 N–H and O–H groups in total. The normalized spacial score (nSPS) is 17.1. The van der Waals surface area contributed by atoms with Crippen molar-refractivity contribution in [3.05, 3.63) is 35.3 Å². The maximum Gasteiger partial charge on any atom is 0.273 e. The van der Waals surface area contributed by atoms with Crippen LogP contribution in [0.15, 0.2) is 29.6 Å². The molecule has 1 saturated carbocycles. The Hall–Kier alpha value is -2.41. The molecular formula is C20H23N3O3S. The number of carbonyl (C=O) groups is 2. The predicted octanol–water partition coefficient (Wildman–Crippen LogP) is 2.90. The van der Waals surface area contributed by atoms with Crippen molar-refractivity contribution < 1.29 is 14.3 Å². The van der Waals surface area contributed by atoms with Gasteiger partial charge in [-0.05, 0) is 44.0 Å². The van der Waals surface area contributed by atoms with Gasteiger partial charge in [-0.3, -0.25) is 9.59 Å². The van der Waals surface area contributed by atoms with Gasteiger partial charge in [-0.1, -0.05) is 0 Å². The van der Waals surface area contributed by atoms with Gasteiger partial charge >= 0.3 is 0 Å². The van der Waals surface area contributed by atoms with Crippen molar-refractivity contribution >= 4 is 23.2 Å². The van der Waals surface area contributed by atoms with Gasteiger partial charge in [0.2, 0.25) is 5.91 Å². The largest absolute Gasteiger partial charge is 0.494 e. The van der Waals surface area contributed by atoms with Crippen LogP contribution in [0, 0.1) is 5.92 Å². The van der Waals surface area contributed by atoms with Crippen LogP contribution in [-0.4, -0.2) is 59.4 Å². The Labute approximate surface area is 162 Å². The molecule has 0 unspecified atom stereocenters. The van der Waals surface area contributed by atoms with Gasteiger partial charge in [0.25, 0.3) is 5.91 Å². The second kappa shape index (κ2) is 7.68. The minimum Gasteiger partial charge on any atom is -0.494 e. The molecule has 142 valence electrons. The summed E-state index contributed by atoms with van der Waals surface area (Å²) in [5.74, 6) is 1.27. The number of rotatable bonds is 5. The SMILES string of the molecule is CCOc1ccc(-c2nc(C(=O)N3CCN(C(=O)C4CC4)CC3)cs2)cc1. The average Bonchev–Trinajstić information content (AvgIpc) is 3.44. The van der Waals surface area contributed by atoms with Crippen molar-refractivity contribution in [2.75, 3.05) is 32.8 Å². The fourth-order valence-corrected chi connectivity index (χ4v) is 4.05. The summed E-state index contributed by atoms with van der Waals surface area (Å²) in [6.45, 7) is 4.98. The number of thiazole rings is 1. The van der Waals surface area contributed by atoms with E-state index in [0.717, 1.165) is 29.2 Å². The molecule has 6 nitrogen and oxygen atoms in total. The van der Waals surface area contributed by atoms with Gasteiger partial charge in [-0.2, -0.15) is 0 Å². The lowest BCUT2D eigenvalue weighted by molar-refractivity contribution is -0.134. The van der Waals surface area contributed by atoms with Crippen molar-refractivity contribution in [2.24, 2.45) is 5.92 Å². The summed E-state index contributed by atoms with van der Waals surface area (Å²) >= 11 is 1.47. The van der Waals surface area contributed by atoms with Gasteiger partial charge in [-0.25, -0.2) is 4.98 Å². The molecule has 2 aromatic rings. The first kappa shape index (κ1) is 18.0. The summed E-state index contributed by atoms with van der Waals surface area (Å²) in [7, 11) is 0. The minimum absolute atomic E-state index is 0.0537. The van der Waals surface area contributed by atoms with E-state index in [1.165, 1.54) is 11.3 Å². The van der Waals surface area contributed by atoms with Crippen LogP contribution in [0.4, 0.5) is 0 Å². The lowest BCUT2D eigenvalue weighted by Gasteiger charge is -2.34. The molecule has 0 spiro atoms. The van der Waals surface area contributed by atoms with Gasteiger partial charge in [0.05, 0.1) is 6.61 Å². The number of piperazine rings is 1. The zero-order valence-electron chi connectivity index (χ0n) is 15.4. The zero-order valence-corrected chi connectivity index (χ0v) is 16.2. The van der Waals surface area contributed by atoms with Crippen LogP contribution in [-0.2, 0) is 4.79 Å². The minimum atomic E-state index is -0.0537. The number of carbonyl (C=O) groups excluding carboxylic acids is 2. The number of ether oxygens (including phenoxy) is 1. The first-order chi connectivity index (χ1) is 13.2. The molecule has 7 heteroatoms. The number of nitrogens with zero attached hydrogens (tertiary/aromatic N) is 3. The summed E-state index contributed by atoms with van der Waals surface area (Å²) in [6, 6.07) is 7.75. The van der Waals surface area contributed by atoms with E-state index in [-0.39, 0.29) is 17.7 Å². The molecule has 2 fully saturated rings. The molecule has 2 amide bonds. The Morgan fingerprint density at radius 2 is 1.78 bits per heavy atom. The molecule has 0 radical (unpaired) electrons. The Balaban J connectivity index is 1.38. The summed E-state index contributed by atoms with van der Waals surface area (Å²) < 4.78 is 5.46. The van der Waals surface area contributed by atoms with Crippen LogP contribution in [0.3, 0.4) is 0 Å². The fourth-order valence-electron chi connectivity index (χ4n) is 3.25. The van der Waals surface area contributed by atoms with E-state index in [0.29, 0.717) is 38.5 Å². The third-order valence-corrected chi connectivity index (χ3v) is 5.83. The summed E-state index contributed by atoms with van der Waals surface area (Å²) in [4.78, 5) is 33.1. The van der Waals surface area contributed by atoms with E-state index in [1.807, 2.05) is 41.5 Å². The van der Waals surface area contributed by atoms with E-state index in [1.54, 1.807) is 4.90 Å². The first-order valence-corrected chi connectivity index (χ1v) is 10.3. The Bertz CT molecular complexity index is 821. The maximum atomic E-state index is 12.8. The van der Waals surface area contributed by atoms with Crippen molar-refractivity contribution in [1.82, 2.24) is 14.8 Å².